The first-order chi connectivity index (χ1) is 14.1. The predicted molar refractivity (Wildman–Crippen MR) is 117 cm³/mol. The van der Waals surface area contributed by atoms with Crippen molar-refractivity contribution >= 4 is 35.4 Å². The molecule has 3 rings (SSSR count). The average molecular weight is 415 g/mol. The molecule has 29 heavy (non-hydrogen) atoms. The maximum absolute atomic E-state index is 11.7. The molecule has 6 nitrogen and oxygen atoms in total. The fourth-order valence-corrected chi connectivity index (χ4v) is 4.07. The largest absolute Gasteiger partial charge is 0.356 e. The van der Waals surface area contributed by atoms with Crippen LogP contribution in [0.25, 0.3) is 0 Å². The first kappa shape index (κ1) is 21.1. The number of nitrogens with zero attached hydrogens (tertiary/aromatic N) is 3. The molecule has 0 radical (unpaired) electrons. The number of halogens is 1. The molecule has 1 aliphatic rings. The van der Waals surface area contributed by atoms with Gasteiger partial charge in [0.25, 0.3) is 5.91 Å². The Morgan fingerprint density at radius 3 is 2.86 bits per heavy atom. The van der Waals surface area contributed by atoms with E-state index in [-0.39, 0.29) is 5.91 Å². The van der Waals surface area contributed by atoms with Gasteiger partial charge < -0.3 is 15.1 Å². The summed E-state index contributed by atoms with van der Waals surface area (Å²) < 4.78 is 0. The molecule has 0 spiro atoms. The third kappa shape index (κ3) is 5.48. The van der Waals surface area contributed by atoms with Gasteiger partial charge in [-0.3, -0.25) is 9.59 Å². The smallest absolute Gasteiger partial charge is 0.252 e. The van der Waals surface area contributed by atoms with E-state index in [0.29, 0.717) is 23.0 Å². The van der Waals surface area contributed by atoms with Crippen molar-refractivity contribution in [1.29, 1.82) is 0 Å². The van der Waals surface area contributed by atoms with Gasteiger partial charge in [0, 0.05) is 32.9 Å². The Balaban J connectivity index is 1.52. The van der Waals surface area contributed by atoms with Gasteiger partial charge in [-0.2, -0.15) is 0 Å². The topological polar surface area (TPSA) is 65.5 Å². The fourth-order valence-electron chi connectivity index (χ4n) is 3.83. The minimum atomic E-state index is -0.126. The number of hydrogen-bond donors (Lipinski definition) is 1. The summed E-state index contributed by atoms with van der Waals surface area (Å²) in [5.41, 5.74) is 1.33. The quantitative estimate of drug-likeness (QED) is 0.668. The normalized spacial score (nSPS) is 16.3. The minimum Gasteiger partial charge on any atom is -0.356 e. The van der Waals surface area contributed by atoms with E-state index in [2.05, 4.69) is 15.2 Å². The van der Waals surface area contributed by atoms with Crippen LogP contribution in [0.3, 0.4) is 0 Å². The van der Waals surface area contributed by atoms with Crippen molar-refractivity contribution in [3.05, 3.63) is 53.2 Å². The first-order valence-electron chi connectivity index (χ1n) is 10.0. The van der Waals surface area contributed by atoms with E-state index in [0.717, 1.165) is 50.3 Å². The molecule has 1 unspecified atom stereocenters. The Kier molecular flexibility index (Phi) is 7.47. The molecule has 2 aromatic rings. The molecule has 1 N–H and O–H groups in total. The molecule has 1 aromatic heterocycles. The summed E-state index contributed by atoms with van der Waals surface area (Å²) in [6.07, 6.45) is 6.74. The van der Waals surface area contributed by atoms with E-state index in [1.807, 2.05) is 30.3 Å². The highest BCUT2D eigenvalue weighted by Gasteiger charge is 2.21. The van der Waals surface area contributed by atoms with Gasteiger partial charge in [-0.25, -0.2) is 4.98 Å². The van der Waals surface area contributed by atoms with E-state index in [1.165, 1.54) is 6.42 Å². The average Bonchev–Trinajstić information content (AvgIpc) is 2.77. The third-order valence-corrected chi connectivity index (χ3v) is 5.70. The second-order valence-electron chi connectivity index (χ2n) is 7.33. The van der Waals surface area contributed by atoms with Gasteiger partial charge in [-0.1, -0.05) is 23.7 Å². The Labute approximate surface area is 176 Å². The summed E-state index contributed by atoms with van der Waals surface area (Å²) in [6.45, 7) is 2.57. The molecule has 7 heteroatoms. The van der Waals surface area contributed by atoms with Crippen LogP contribution in [-0.2, 0) is 4.79 Å². The maximum atomic E-state index is 11.7. The Morgan fingerprint density at radius 2 is 2.17 bits per heavy atom. The van der Waals surface area contributed by atoms with Gasteiger partial charge in [0.1, 0.15) is 5.82 Å². The van der Waals surface area contributed by atoms with E-state index in [4.69, 9.17) is 11.6 Å². The molecule has 1 saturated heterocycles. The van der Waals surface area contributed by atoms with Crippen LogP contribution in [0, 0.1) is 5.92 Å². The van der Waals surface area contributed by atoms with Gasteiger partial charge in [-0.05, 0) is 55.9 Å². The van der Waals surface area contributed by atoms with Crippen LogP contribution in [0.4, 0.5) is 11.5 Å². The lowest BCUT2D eigenvalue weighted by Gasteiger charge is -2.34. The zero-order valence-electron chi connectivity index (χ0n) is 16.7. The highest BCUT2D eigenvalue weighted by molar-refractivity contribution is 6.33. The van der Waals surface area contributed by atoms with Crippen LogP contribution in [0.15, 0.2) is 42.6 Å². The summed E-state index contributed by atoms with van der Waals surface area (Å²) in [6, 6.07) is 11.1. The molecular weight excluding hydrogens is 388 g/mol. The van der Waals surface area contributed by atoms with Crippen molar-refractivity contribution in [2.24, 2.45) is 5.92 Å². The number of benzene rings is 1. The van der Waals surface area contributed by atoms with Crippen LogP contribution >= 0.6 is 11.6 Å². The zero-order valence-corrected chi connectivity index (χ0v) is 17.4. The van der Waals surface area contributed by atoms with Crippen LogP contribution in [0.2, 0.25) is 5.02 Å². The van der Waals surface area contributed by atoms with E-state index < -0.39 is 0 Å². The Hall–Kier alpha value is -2.60. The Morgan fingerprint density at radius 1 is 1.34 bits per heavy atom. The number of carbonyl (C=O) groups excluding carboxylic acids is 2. The standard InChI is InChI=1S/C22H27ClN4O2/c1-24-22(29)18-10-11-21(25-14-18)26-12-4-6-17(15-26)7-5-13-27(16-28)20-9-3-2-8-19(20)23/h2-3,8-11,14,16-17H,4-7,12-13,15H2,1H3,(H,24,29). The molecule has 0 bridgehead atoms. The number of anilines is 2. The molecule has 154 valence electrons. The molecule has 1 aliphatic heterocycles. The van der Waals surface area contributed by atoms with Crippen molar-refractivity contribution in [2.45, 2.75) is 25.7 Å². The predicted octanol–water partition coefficient (Wildman–Crippen LogP) is 3.75. The van der Waals surface area contributed by atoms with Crippen LogP contribution in [0.1, 0.15) is 36.0 Å². The van der Waals surface area contributed by atoms with E-state index in [1.54, 1.807) is 24.2 Å². The first-order valence-corrected chi connectivity index (χ1v) is 10.4. The van der Waals surface area contributed by atoms with Gasteiger partial charge in [0.05, 0.1) is 16.3 Å². The molecule has 1 aromatic carbocycles. The van der Waals surface area contributed by atoms with Crippen molar-refractivity contribution < 1.29 is 9.59 Å². The van der Waals surface area contributed by atoms with Crippen molar-refractivity contribution in [2.75, 3.05) is 36.5 Å². The molecule has 0 aliphatic carbocycles. The number of rotatable bonds is 8. The molecule has 1 atom stereocenters. The SMILES string of the molecule is CNC(=O)c1ccc(N2CCCC(CCCN(C=O)c3ccccc3Cl)C2)nc1. The lowest BCUT2D eigenvalue weighted by Crippen LogP contribution is -2.36. The van der Waals surface area contributed by atoms with Crippen LogP contribution < -0.4 is 15.1 Å². The Bertz CT molecular complexity index is 828. The summed E-state index contributed by atoms with van der Waals surface area (Å²) >= 11 is 6.21. The van der Waals surface area contributed by atoms with Crippen molar-refractivity contribution in [3.8, 4) is 0 Å². The number of pyridine rings is 1. The number of amides is 2. The van der Waals surface area contributed by atoms with Gasteiger partial charge >= 0.3 is 0 Å². The molecule has 1 fully saturated rings. The number of carbonyl (C=O) groups is 2. The number of aromatic nitrogens is 1. The van der Waals surface area contributed by atoms with Crippen molar-refractivity contribution in [1.82, 2.24) is 10.3 Å². The highest BCUT2D eigenvalue weighted by Crippen LogP contribution is 2.27. The van der Waals surface area contributed by atoms with E-state index >= 15 is 0 Å². The number of nitrogens with one attached hydrogen (secondary N) is 1. The lowest BCUT2D eigenvalue weighted by atomic mass is 9.93. The second-order valence-corrected chi connectivity index (χ2v) is 7.74. The third-order valence-electron chi connectivity index (χ3n) is 5.38. The monoisotopic (exact) mass is 414 g/mol. The van der Waals surface area contributed by atoms with Gasteiger partial charge in [0.15, 0.2) is 0 Å². The van der Waals surface area contributed by atoms with E-state index in [9.17, 15) is 9.59 Å². The number of hydrogen-bond acceptors (Lipinski definition) is 4. The van der Waals surface area contributed by atoms with Crippen LogP contribution in [0.5, 0.6) is 0 Å². The minimum absolute atomic E-state index is 0.126. The highest BCUT2D eigenvalue weighted by atomic mass is 35.5. The molecular formula is C22H27ClN4O2. The summed E-state index contributed by atoms with van der Waals surface area (Å²) in [4.78, 5) is 31.6. The number of piperidine rings is 1. The fraction of sp³-hybridized carbons (Fsp3) is 0.409. The van der Waals surface area contributed by atoms with Gasteiger partial charge in [-0.15, -0.1) is 0 Å². The molecule has 2 amide bonds. The molecule has 2 heterocycles. The molecule has 0 saturated carbocycles. The maximum Gasteiger partial charge on any atom is 0.252 e. The second kappa shape index (κ2) is 10.3. The lowest BCUT2D eigenvalue weighted by molar-refractivity contribution is -0.107. The van der Waals surface area contributed by atoms with Crippen LogP contribution in [-0.4, -0.2) is 44.0 Å². The summed E-state index contributed by atoms with van der Waals surface area (Å²) in [5.74, 6) is 1.34. The number of para-hydroxylation sites is 1. The van der Waals surface area contributed by atoms with Crippen molar-refractivity contribution in [3.63, 3.8) is 0 Å². The van der Waals surface area contributed by atoms with Gasteiger partial charge in [0.2, 0.25) is 6.41 Å². The summed E-state index contributed by atoms with van der Waals surface area (Å²) in [5, 5.41) is 3.20. The summed E-state index contributed by atoms with van der Waals surface area (Å²) in [7, 11) is 1.61. The zero-order chi connectivity index (χ0) is 20.6.